The Hall–Kier alpha value is -1.51. The lowest BCUT2D eigenvalue weighted by Crippen LogP contribution is -2.16. The summed E-state index contributed by atoms with van der Waals surface area (Å²) < 4.78 is 5.82. The number of carboxylic acids is 1. The van der Waals surface area contributed by atoms with Gasteiger partial charge in [0, 0.05) is 11.0 Å². The summed E-state index contributed by atoms with van der Waals surface area (Å²) in [6, 6.07) is 6.05. The topological polar surface area (TPSA) is 46.5 Å². The first-order valence-electron chi connectivity index (χ1n) is 6.42. The Labute approximate surface area is 108 Å². The highest BCUT2D eigenvalue weighted by molar-refractivity contribution is 5.70. The van der Waals surface area contributed by atoms with Crippen LogP contribution in [0, 0.1) is 6.92 Å². The molecule has 3 heteroatoms. The summed E-state index contributed by atoms with van der Waals surface area (Å²) in [5.74, 6) is 0.110. The SMILES string of the molecule is Cc1ccc(OC(C)C)c(C2(CC(=O)O)CC2)c1. The van der Waals surface area contributed by atoms with E-state index in [1.54, 1.807) is 0 Å². The fourth-order valence-electron chi connectivity index (χ4n) is 2.40. The summed E-state index contributed by atoms with van der Waals surface area (Å²) in [6.45, 7) is 6.00. The van der Waals surface area contributed by atoms with Gasteiger partial charge in [0.2, 0.25) is 0 Å². The first-order valence-corrected chi connectivity index (χ1v) is 6.42. The summed E-state index contributed by atoms with van der Waals surface area (Å²) in [5, 5.41) is 9.05. The molecule has 18 heavy (non-hydrogen) atoms. The lowest BCUT2D eigenvalue weighted by Gasteiger charge is -2.20. The average Bonchev–Trinajstić information content (AvgIpc) is 3.00. The number of aliphatic carboxylic acids is 1. The zero-order valence-electron chi connectivity index (χ0n) is 11.2. The van der Waals surface area contributed by atoms with Crippen molar-refractivity contribution in [2.24, 2.45) is 0 Å². The third kappa shape index (κ3) is 2.66. The monoisotopic (exact) mass is 248 g/mol. The maximum absolute atomic E-state index is 11.0. The average molecular weight is 248 g/mol. The molecule has 1 fully saturated rings. The first kappa shape index (κ1) is 12.9. The van der Waals surface area contributed by atoms with Gasteiger partial charge in [0.15, 0.2) is 0 Å². The van der Waals surface area contributed by atoms with Gasteiger partial charge in [-0.05, 0) is 39.7 Å². The molecule has 0 spiro atoms. The van der Waals surface area contributed by atoms with E-state index in [0.717, 1.165) is 29.7 Å². The Kier molecular flexibility index (Phi) is 3.33. The van der Waals surface area contributed by atoms with Gasteiger partial charge in [-0.1, -0.05) is 17.7 Å². The molecule has 2 rings (SSSR count). The molecule has 0 amide bonds. The van der Waals surface area contributed by atoms with Gasteiger partial charge in [0.25, 0.3) is 0 Å². The second-order valence-electron chi connectivity index (χ2n) is 5.52. The Morgan fingerprint density at radius 2 is 2.11 bits per heavy atom. The van der Waals surface area contributed by atoms with Gasteiger partial charge in [0.05, 0.1) is 12.5 Å². The molecule has 1 saturated carbocycles. The Morgan fingerprint density at radius 1 is 1.44 bits per heavy atom. The minimum absolute atomic E-state index is 0.104. The van der Waals surface area contributed by atoms with Gasteiger partial charge >= 0.3 is 5.97 Å². The molecule has 0 heterocycles. The van der Waals surface area contributed by atoms with E-state index in [2.05, 4.69) is 6.07 Å². The van der Waals surface area contributed by atoms with Crippen LogP contribution in [0.5, 0.6) is 5.75 Å². The minimum Gasteiger partial charge on any atom is -0.491 e. The van der Waals surface area contributed by atoms with Gasteiger partial charge in [-0.2, -0.15) is 0 Å². The van der Waals surface area contributed by atoms with E-state index in [1.165, 1.54) is 0 Å². The molecule has 98 valence electrons. The summed E-state index contributed by atoms with van der Waals surface area (Å²) in [4.78, 5) is 11.0. The molecule has 1 aromatic carbocycles. The maximum atomic E-state index is 11.0. The predicted molar refractivity (Wildman–Crippen MR) is 70.1 cm³/mol. The number of rotatable bonds is 5. The number of hydrogen-bond acceptors (Lipinski definition) is 2. The predicted octanol–water partition coefficient (Wildman–Crippen LogP) is 3.29. The van der Waals surface area contributed by atoms with Gasteiger partial charge < -0.3 is 9.84 Å². The summed E-state index contributed by atoms with van der Waals surface area (Å²) in [6.07, 6.45) is 2.19. The highest BCUT2D eigenvalue weighted by Crippen LogP contribution is 2.54. The van der Waals surface area contributed by atoms with Crippen LogP contribution in [-0.4, -0.2) is 17.2 Å². The van der Waals surface area contributed by atoms with Crippen LogP contribution in [0.15, 0.2) is 18.2 Å². The van der Waals surface area contributed by atoms with Crippen LogP contribution in [-0.2, 0) is 10.2 Å². The molecule has 0 unspecified atom stereocenters. The third-order valence-electron chi connectivity index (χ3n) is 3.41. The normalized spacial score (nSPS) is 16.7. The molecule has 1 N–H and O–H groups in total. The molecule has 3 nitrogen and oxygen atoms in total. The molecule has 0 atom stereocenters. The molecule has 0 aliphatic heterocycles. The molecular weight excluding hydrogens is 228 g/mol. The third-order valence-corrected chi connectivity index (χ3v) is 3.41. The van der Waals surface area contributed by atoms with Crippen LogP contribution in [0.3, 0.4) is 0 Å². The van der Waals surface area contributed by atoms with Crippen molar-refractivity contribution in [1.82, 2.24) is 0 Å². The summed E-state index contributed by atoms with van der Waals surface area (Å²) in [7, 11) is 0. The van der Waals surface area contributed by atoms with E-state index in [0.29, 0.717) is 0 Å². The van der Waals surface area contributed by atoms with Gasteiger partial charge in [-0.3, -0.25) is 4.79 Å². The highest BCUT2D eigenvalue weighted by Gasteiger charge is 2.47. The zero-order chi connectivity index (χ0) is 13.3. The van der Waals surface area contributed by atoms with Crippen LogP contribution in [0.4, 0.5) is 0 Å². The van der Waals surface area contributed by atoms with Crippen molar-refractivity contribution >= 4 is 5.97 Å². The van der Waals surface area contributed by atoms with Crippen LogP contribution in [0.25, 0.3) is 0 Å². The van der Waals surface area contributed by atoms with E-state index < -0.39 is 5.97 Å². The summed E-state index contributed by atoms with van der Waals surface area (Å²) >= 11 is 0. The lowest BCUT2D eigenvalue weighted by atomic mass is 9.90. The molecule has 1 aromatic rings. The van der Waals surface area contributed by atoms with Gasteiger partial charge in [0.1, 0.15) is 5.75 Å². The largest absolute Gasteiger partial charge is 0.491 e. The molecule has 1 aliphatic carbocycles. The van der Waals surface area contributed by atoms with Crippen molar-refractivity contribution in [2.45, 2.75) is 51.6 Å². The molecule has 1 aliphatic rings. The number of ether oxygens (including phenoxy) is 1. The Balaban J connectivity index is 2.36. The molecule has 0 saturated heterocycles. The fourth-order valence-corrected chi connectivity index (χ4v) is 2.40. The second kappa shape index (κ2) is 4.63. The standard InChI is InChI=1S/C15H20O3/c1-10(2)18-13-5-4-11(3)8-12(13)15(6-7-15)9-14(16)17/h4-5,8,10H,6-7,9H2,1-3H3,(H,16,17). The lowest BCUT2D eigenvalue weighted by molar-refractivity contribution is -0.137. The van der Waals surface area contributed by atoms with Crippen LogP contribution in [0.1, 0.15) is 44.2 Å². The number of carboxylic acid groups (broad SMARTS) is 1. The van der Waals surface area contributed by atoms with Gasteiger partial charge in [-0.25, -0.2) is 0 Å². The number of benzene rings is 1. The molecule has 0 radical (unpaired) electrons. The summed E-state index contributed by atoms with van der Waals surface area (Å²) in [5.41, 5.74) is 2.03. The smallest absolute Gasteiger partial charge is 0.304 e. The van der Waals surface area contributed by atoms with Gasteiger partial charge in [-0.15, -0.1) is 0 Å². The zero-order valence-corrected chi connectivity index (χ0v) is 11.2. The quantitative estimate of drug-likeness (QED) is 0.869. The maximum Gasteiger partial charge on any atom is 0.304 e. The van der Waals surface area contributed by atoms with Crippen molar-refractivity contribution in [3.63, 3.8) is 0 Å². The number of hydrogen-bond donors (Lipinski definition) is 1. The van der Waals surface area contributed by atoms with Crippen molar-refractivity contribution in [1.29, 1.82) is 0 Å². The van der Waals surface area contributed by atoms with Crippen LogP contribution >= 0.6 is 0 Å². The van der Waals surface area contributed by atoms with Crippen LogP contribution < -0.4 is 4.74 Å². The highest BCUT2D eigenvalue weighted by atomic mass is 16.5. The van der Waals surface area contributed by atoms with E-state index in [-0.39, 0.29) is 17.9 Å². The number of carbonyl (C=O) groups is 1. The minimum atomic E-state index is -0.732. The van der Waals surface area contributed by atoms with Crippen molar-refractivity contribution in [3.05, 3.63) is 29.3 Å². The molecular formula is C15H20O3. The molecule has 0 aromatic heterocycles. The van der Waals surface area contributed by atoms with E-state index in [9.17, 15) is 4.79 Å². The Bertz CT molecular complexity index is 459. The van der Waals surface area contributed by atoms with Crippen LogP contribution in [0.2, 0.25) is 0 Å². The van der Waals surface area contributed by atoms with E-state index >= 15 is 0 Å². The first-order chi connectivity index (χ1) is 8.43. The van der Waals surface area contributed by atoms with Crippen molar-refractivity contribution in [3.8, 4) is 5.75 Å². The fraction of sp³-hybridized carbons (Fsp3) is 0.533. The van der Waals surface area contributed by atoms with E-state index in [4.69, 9.17) is 9.84 Å². The number of aryl methyl sites for hydroxylation is 1. The second-order valence-corrected chi connectivity index (χ2v) is 5.52. The van der Waals surface area contributed by atoms with Crippen molar-refractivity contribution < 1.29 is 14.6 Å². The van der Waals surface area contributed by atoms with E-state index in [1.807, 2.05) is 32.9 Å². The Morgan fingerprint density at radius 3 is 2.61 bits per heavy atom. The van der Waals surface area contributed by atoms with Crippen molar-refractivity contribution in [2.75, 3.05) is 0 Å². The molecule has 0 bridgehead atoms.